The van der Waals surface area contributed by atoms with Gasteiger partial charge in [0.2, 0.25) is 0 Å². The molecule has 6 rings (SSSR count). The Hall–Kier alpha value is -4.39. The highest BCUT2D eigenvalue weighted by atomic mass is 16.2. The van der Waals surface area contributed by atoms with Gasteiger partial charge >= 0.3 is 6.03 Å². The second-order valence-electron chi connectivity index (χ2n) is 10.3. The van der Waals surface area contributed by atoms with Gasteiger partial charge in [0.05, 0.1) is 5.69 Å². The van der Waals surface area contributed by atoms with Crippen molar-refractivity contribution in [2.24, 2.45) is 0 Å². The standard InChI is InChI=1S/C31H30N4O3/c1-4-19(3)32-29(36)21-13-15-22(16-14-21)34-30(37)26-17-24-23-7-5-6-8-25(23)33-27(24)28(35(26)31(34)38)20-11-9-18(2)10-12-20/h5-16,19,26,28,33H,4,17H2,1-3H3,(H,32,36)/t19-,26+,28+/m1/s1. The molecule has 0 aliphatic carbocycles. The number of aryl methyl sites for hydroxylation is 1. The predicted octanol–water partition coefficient (Wildman–Crippen LogP) is 5.49. The van der Waals surface area contributed by atoms with Gasteiger partial charge in [0.15, 0.2) is 0 Å². The molecular formula is C31H30N4O3. The number of aromatic nitrogens is 1. The maximum Gasteiger partial charge on any atom is 0.332 e. The third kappa shape index (κ3) is 3.77. The van der Waals surface area contributed by atoms with Gasteiger partial charge in [-0.25, -0.2) is 9.69 Å². The Balaban J connectivity index is 1.39. The second kappa shape index (κ2) is 9.17. The lowest BCUT2D eigenvalue weighted by Crippen LogP contribution is -2.44. The summed E-state index contributed by atoms with van der Waals surface area (Å²) >= 11 is 0. The number of hydrogen-bond acceptors (Lipinski definition) is 3. The summed E-state index contributed by atoms with van der Waals surface area (Å²) in [6, 6.07) is 21.6. The summed E-state index contributed by atoms with van der Waals surface area (Å²) in [5, 5.41) is 4.02. The molecule has 0 unspecified atom stereocenters. The number of H-pyrrole nitrogens is 1. The Bertz CT molecular complexity index is 1550. The lowest BCUT2D eigenvalue weighted by Gasteiger charge is -2.36. The molecule has 2 N–H and O–H groups in total. The van der Waals surface area contributed by atoms with E-state index in [2.05, 4.69) is 16.4 Å². The number of nitrogens with one attached hydrogen (secondary N) is 2. The van der Waals surface area contributed by atoms with Crippen LogP contribution < -0.4 is 10.2 Å². The van der Waals surface area contributed by atoms with Crippen LogP contribution in [0.15, 0.2) is 72.8 Å². The molecule has 3 heterocycles. The quantitative estimate of drug-likeness (QED) is 0.351. The summed E-state index contributed by atoms with van der Waals surface area (Å²) in [7, 11) is 0. The van der Waals surface area contributed by atoms with Crippen LogP contribution in [0.25, 0.3) is 10.9 Å². The highest BCUT2D eigenvalue weighted by Crippen LogP contribution is 2.44. The lowest BCUT2D eigenvalue weighted by atomic mass is 9.88. The van der Waals surface area contributed by atoms with Crippen molar-refractivity contribution in [2.75, 3.05) is 4.90 Å². The van der Waals surface area contributed by atoms with Gasteiger partial charge in [-0.1, -0.05) is 55.0 Å². The molecule has 7 nitrogen and oxygen atoms in total. The Morgan fingerprint density at radius 2 is 1.74 bits per heavy atom. The molecule has 0 spiro atoms. The number of para-hydroxylation sites is 1. The first-order valence-electron chi connectivity index (χ1n) is 13.1. The number of amides is 4. The first kappa shape index (κ1) is 24.0. The van der Waals surface area contributed by atoms with Crippen LogP contribution in [-0.4, -0.2) is 39.8 Å². The fourth-order valence-corrected chi connectivity index (χ4v) is 5.58. The van der Waals surface area contributed by atoms with Crippen LogP contribution >= 0.6 is 0 Å². The first-order valence-corrected chi connectivity index (χ1v) is 13.1. The van der Waals surface area contributed by atoms with E-state index in [1.54, 1.807) is 29.2 Å². The number of urea groups is 1. The van der Waals surface area contributed by atoms with Crippen molar-refractivity contribution in [3.05, 3.63) is 101 Å². The molecule has 2 aliphatic heterocycles. The molecule has 0 saturated carbocycles. The monoisotopic (exact) mass is 506 g/mol. The number of benzene rings is 3. The number of aromatic amines is 1. The topological polar surface area (TPSA) is 85.5 Å². The number of carbonyl (C=O) groups excluding carboxylic acids is 3. The normalized spacial score (nSPS) is 19.4. The zero-order valence-electron chi connectivity index (χ0n) is 21.7. The minimum Gasteiger partial charge on any atom is -0.356 e. The molecule has 1 aromatic heterocycles. The number of nitrogens with zero attached hydrogens (tertiary/aromatic N) is 2. The van der Waals surface area contributed by atoms with E-state index in [0.717, 1.165) is 39.7 Å². The van der Waals surface area contributed by atoms with Crippen LogP contribution in [0.3, 0.4) is 0 Å². The van der Waals surface area contributed by atoms with Crippen LogP contribution in [0.2, 0.25) is 0 Å². The Morgan fingerprint density at radius 3 is 2.45 bits per heavy atom. The van der Waals surface area contributed by atoms with Crippen molar-refractivity contribution in [1.82, 2.24) is 15.2 Å². The largest absolute Gasteiger partial charge is 0.356 e. The summed E-state index contributed by atoms with van der Waals surface area (Å²) in [4.78, 5) is 46.9. The van der Waals surface area contributed by atoms with E-state index in [1.165, 1.54) is 4.90 Å². The highest BCUT2D eigenvalue weighted by molar-refractivity contribution is 6.22. The Labute approximate surface area is 221 Å². The maximum atomic E-state index is 14.0. The zero-order chi connectivity index (χ0) is 26.6. The molecule has 4 amide bonds. The number of carbonyl (C=O) groups is 3. The molecule has 0 radical (unpaired) electrons. The van der Waals surface area contributed by atoms with Gasteiger partial charge in [-0.15, -0.1) is 0 Å². The zero-order valence-corrected chi connectivity index (χ0v) is 21.7. The molecule has 4 aromatic rings. The SMILES string of the molecule is CC[C@@H](C)NC(=O)c1ccc(N2C(=O)[C@@H]3Cc4c([nH]c5ccccc45)[C@H](c4ccc(C)cc4)N3C2=O)cc1. The predicted molar refractivity (Wildman–Crippen MR) is 147 cm³/mol. The molecule has 192 valence electrons. The molecule has 38 heavy (non-hydrogen) atoms. The van der Waals surface area contributed by atoms with Crippen LogP contribution in [0, 0.1) is 6.92 Å². The van der Waals surface area contributed by atoms with Gasteiger partial charge in [-0.05, 0) is 61.7 Å². The van der Waals surface area contributed by atoms with Gasteiger partial charge in [0, 0.05) is 34.6 Å². The smallest absolute Gasteiger partial charge is 0.332 e. The van der Waals surface area contributed by atoms with Gasteiger partial charge in [-0.3, -0.25) is 14.5 Å². The summed E-state index contributed by atoms with van der Waals surface area (Å²) in [5.74, 6) is -0.424. The van der Waals surface area contributed by atoms with Crippen molar-refractivity contribution < 1.29 is 14.4 Å². The Morgan fingerprint density at radius 1 is 1.03 bits per heavy atom. The van der Waals surface area contributed by atoms with Gasteiger partial charge in [-0.2, -0.15) is 0 Å². The lowest BCUT2D eigenvalue weighted by molar-refractivity contribution is -0.120. The Kier molecular flexibility index (Phi) is 5.79. The van der Waals surface area contributed by atoms with E-state index in [0.29, 0.717) is 17.7 Å². The summed E-state index contributed by atoms with van der Waals surface area (Å²) < 4.78 is 0. The molecule has 0 bridgehead atoms. The summed E-state index contributed by atoms with van der Waals surface area (Å²) in [6.07, 6.45) is 1.27. The van der Waals surface area contributed by atoms with E-state index >= 15 is 0 Å². The molecule has 2 aliphatic rings. The molecule has 7 heteroatoms. The van der Waals surface area contributed by atoms with E-state index in [1.807, 2.05) is 63.2 Å². The number of imide groups is 1. The molecule has 1 fully saturated rings. The third-order valence-electron chi connectivity index (χ3n) is 7.82. The first-order chi connectivity index (χ1) is 18.4. The van der Waals surface area contributed by atoms with E-state index in [4.69, 9.17) is 0 Å². The van der Waals surface area contributed by atoms with Crippen molar-refractivity contribution in [2.45, 2.75) is 51.7 Å². The number of fused-ring (bicyclic) bond motifs is 4. The number of anilines is 1. The van der Waals surface area contributed by atoms with Crippen molar-refractivity contribution in [3.8, 4) is 0 Å². The summed E-state index contributed by atoms with van der Waals surface area (Å²) in [6.45, 7) is 5.99. The molecule has 3 aromatic carbocycles. The number of rotatable bonds is 5. The van der Waals surface area contributed by atoms with Crippen LogP contribution in [-0.2, 0) is 11.2 Å². The third-order valence-corrected chi connectivity index (χ3v) is 7.82. The summed E-state index contributed by atoms with van der Waals surface area (Å²) in [5.41, 5.74) is 6.06. The minimum absolute atomic E-state index is 0.0618. The van der Waals surface area contributed by atoms with Crippen molar-refractivity contribution in [3.63, 3.8) is 0 Å². The van der Waals surface area contributed by atoms with Crippen LogP contribution in [0.1, 0.15) is 59.1 Å². The fourth-order valence-electron chi connectivity index (χ4n) is 5.58. The van der Waals surface area contributed by atoms with E-state index in [-0.39, 0.29) is 23.9 Å². The van der Waals surface area contributed by atoms with Gasteiger partial charge < -0.3 is 10.3 Å². The van der Waals surface area contributed by atoms with Crippen molar-refractivity contribution in [1.29, 1.82) is 0 Å². The maximum absolute atomic E-state index is 14.0. The minimum atomic E-state index is -0.617. The van der Waals surface area contributed by atoms with Gasteiger partial charge in [0.1, 0.15) is 12.1 Å². The number of hydrogen-bond donors (Lipinski definition) is 2. The van der Waals surface area contributed by atoms with Crippen LogP contribution in [0.5, 0.6) is 0 Å². The molecule has 3 atom stereocenters. The second-order valence-corrected chi connectivity index (χ2v) is 10.3. The van der Waals surface area contributed by atoms with Gasteiger partial charge in [0.25, 0.3) is 11.8 Å². The molecule has 1 saturated heterocycles. The molecular weight excluding hydrogens is 476 g/mol. The van der Waals surface area contributed by atoms with E-state index < -0.39 is 12.1 Å². The highest BCUT2D eigenvalue weighted by Gasteiger charge is 2.53. The average molecular weight is 507 g/mol. The van der Waals surface area contributed by atoms with E-state index in [9.17, 15) is 14.4 Å². The fraction of sp³-hybridized carbons (Fsp3) is 0.258. The van der Waals surface area contributed by atoms with Crippen LogP contribution in [0.4, 0.5) is 10.5 Å². The van der Waals surface area contributed by atoms with Crippen molar-refractivity contribution >= 4 is 34.4 Å². The average Bonchev–Trinajstić information content (AvgIpc) is 3.42.